The minimum absolute atomic E-state index is 0.698. The maximum absolute atomic E-state index is 5.59. The molecule has 0 heterocycles. The standard InChI is InChI=1S/C11H17NO/c1-8-6-9(2)10(3)11(7-8)13-5-4-12/h6-7H,4-5,12H2,1-3H3/p+1. The Morgan fingerprint density at radius 2 is 1.92 bits per heavy atom. The number of hydrogen-bond acceptors (Lipinski definition) is 1. The maximum Gasteiger partial charge on any atom is 0.137 e. The summed E-state index contributed by atoms with van der Waals surface area (Å²) < 4.78 is 5.59. The van der Waals surface area contributed by atoms with E-state index in [1.54, 1.807) is 0 Å². The number of hydrogen-bond donors (Lipinski definition) is 1. The van der Waals surface area contributed by atoms with Gasteiger partial charge in [0, 0.05) is 0 Å². The van der Waals surface area contributed by atoms with Crippen LogP contribution in [0.4, 0.5) is 0 Å². The first-order valence-corrected chi connectivity index (χ1v) is 4.65. The Hall–Kier alpha value is -1.02. The lowest BCUT2D eigenvalue weighted by Crippen LogP contribution is -2.52. The predicted molar refractivity (Wildman–Crippen MR) is 53.9 cm³/mol. The molecule has 0 saturated heterocycles. The van der Waals surface area contributed by atoms with Crippen LogP contribution in [0.1, 0.15) is 16.7 Å². The first-order chi connectivity index (χ1) is 6.15. The Morgan fingerprint density at radius 3 is 2.54 bits per heavy atom. The highest BCUT2D eigenvalue weighted by Crippen LogP contribution is 2.22. The number of aryl methyl sites for hydroxylation is 2. The van der Waals surface area contributed by atoms with E-state index < -0.39 is 0 Å². The van der Waals surface area contributed by atoms with Gasteiger partial charge in [-0.05, 0) is 43.5 Å². The Bertz CT molecular complexity index is 294. The Morgan fingerprint density at radius 1 is 1.23 bits per heavy atom. The lowest BCUT2D eigenvalue weighted by Gasteiger charge is -2.10. The molecular weight excluding hydrogens is 162 g/mol. The molecule has 2 nitrogen and oxygen atoms in total. The van der Waals surface area contributed by atoms with E-state index in [-0.39, 0.29) is 0 Å². The number of quaternary nitrogens is 1. The quantitative estimate of drug-likeness (QED) is 0.746. The van der Waals surface area contributed by atoms with Crippen LogP contribution in [0, 0.1) is 20.8 Å². The van der Waals surface area contributed by atoms with E-state index in [4.69, 9.17) is 4.74 Å². The second-order valence-electron chi connectivity index (χ2n) is 3.41. The summed E-state index contributed by atoms with van der Waals surface area (Å²) in [5.41, 5.74) is 7.53. The van der Waals surface area contributed by atoms with E-state index >= 15 is 0 Å². The van der Waals surface area contributed by atoms with E-state index in [1.165, 1.54) is 16.7 Å². The Labute approximate surface area is 79.7 Å². The highest BCUT2D eigenvalue weighted by atomic mass is 16.5. The maximum atomic E-state index is 5.59. The van der Waals surface area contributed by atoms with Crippen molar-refractivity contribution < 1.29 is 10.5 Å². The molecule has 1 aromatic rings. The fraction of sp³-hybridized carbons (Fsp3) is 0.455. The summed E-state index contributed by atoms with van der Waals surface area (Å²) >= 11 is 0. The summed E-state index contributed by atoms with van der Waals surface area (Å²) in [6.45, 7) is 7.80. The fourth-order valence-corrected chi connectivity index (χ4v) is 1.33. The van der Waals surface area contributed by atoms with Gasteiger partial charge in [0.1, 0.15) is 18.9 Å². The van der Waals surface area contributed by atoms with E-state index in [9.17, 15) is 0 Å². The first-order valence-electron chi connectivity index (χ1n) is 4.65. The zero-order chi connectivity index (χ0) is 9.84. The van der Waals surface area contributed by atoms with Crippen LogP contribution in [0.2, 0.25) is 0 Å². The molecular formula is C11H18NO+. The molecule has 0 unspecified atom stereocenters. The third-order valence-electron chi connectivity index (χ3n) is 2.17. The monoisotopic (exact) mass is 180 g/mol. The first kappa shape index (κ1) is 10.1. The van der Waals surface area contributed by atoms with Gasteiger partial charge in [-0.15, -0.1) is 0 Å². The van der Waals surface area contributed by atoms with Crippen molar-refractivity contribution in [1.82, 2.24) is 0 Å². The third-order valence-corrected chi connectivity index (χ3v) is 2.17. The largest absolute Gasteiger partial charge is 0.487 e. The second-order valence-corrected chi connectivity index (χ2v) is 3.41. The molecule has 0 aliphatic carbocycles. The SMILES string of the molecule is Cc1cc(C)c(C)c(OCC[NH3+])c1. The van der Waals surface area contributed by atoms with Crippen molar-refractivity contribution in [2.45, 2.75) is 20.8 Å². The molecule has 0 fully saturated rings. The van der Waals surface area contributed by atoms with Gasteiger partial charge in [0.05, 0.1) is 0 Å². The molecule has 13 heavy (non-hydrogen) atoms. The van der Waals surface area contributed by atoms with Crippen LogP contribution in [0.5, 0.6) is 5.75 Å². The molecule has 2 heteroatoms. The smallest absolute Gasteiger partial charge is 0.137 e. The van der Waals surface area contributed by atoms with E-state index in [0.29, 0.717) is 6.61 Å². The lowest BCUT2D eigenvalue weighted by molar-refractivity contribution is -0.370. The van der Waals surface area contributed by atoms with Gasteiger partial charge in [0.25, 0.3) is 0 Å². The van der Waals surface area contributed by atoms with Crippen molar-refractivity contribution >= 4 is 0 Å². The van der Waals surface area contributed by atoms with Crippen LogP contribution in [0.25, 0.3) is 0 Å². The van der Waals surface area contributed by atoms with E-state index in [1.807, 2.05) is 0 Å². The topological polar surface area (TPSA) is 36.9 Å². The molecule has 0 atom stereocenters. The van der Waals surface area contributed by atoms with Crippen LogP contribution in [-0.2, 0) is 0 Å². The molecule has 0 aliphatic rings. The summed E-state index contributed by atoms with van der Waals surface area (Å²) in [6, 6.07) is 4.25. The van der Waals surface area contributed by atoms with Gasteiger partial charge in [-0.25, -0.2) is 0 Å². The van der Waals surface area contributed by atoms with Crippen LogP contribution >= 0.6 is 0 Å². The number of ether oxygens (including phenoxy) is 1. The van der Waals surface area contributed by atoms with Crippen molar-refractivity contribution in [2.75, 3.05) is 13.2 Å². The van der Waals surface area contributed by atoms with Crippen LogP contribution in [0.15, 0.2) is 12.1 Å². The van der Waals surface area contributed by atoms with E-state index in [0.717, 1.165) is 12.3 Å². The van der Waals surface area contributed by atoms with E-state index in [2.05, 4.69) is 38.6 Å². The number of benzene rings is 1. The van der Waals surface area contributed by atoms with Crippen LogP contribution in [0.3, 0.4) is 0 Å². The summed E-state index contributed by atoms with van der Waals surface area (Å²) in [5.74, 6) is 1.00. The molecule has 0 aliphatic heterocycles. The average molecular weight is 180 g/mol. The minimum Gasteiger partial charge on any atom is -0.487 e. The summed E-state index contributed by atoms with van der Waals surface area (Å²) in [4.78, 5) is 0. The highest BCUT2D eigenvalue weighted by Gasteiger charge is 2.03. The second kappa shape index (κ2) is 4.28. The summed E-state index contributed by atoms with van der Waals surface area (Å²) in [7, 11) is 0. The van der Waals surface area contributed by atoms with Gasteiger partial charge >= 0.3 is 0 Å². The molecule has 0 radical (unpaired) electrons. The van der Waals surface area contributed by atoms with Crippen molar-refractivity contribution in [1.29, 1.82) is 0 Å². The van der Waals surface area contributed by atoms with Crippen molar-refractivity contribution in [3.63, 3.8) is 0 Å². The Balaban J connectivity index is 2.92. The third kappa shape index (κ3) is 2.46. The number of rotatable bonds is 3. The Kier molecular flexibility index (Phi) is 3.32. The van der Waals surface area contributed by atoms with Crippen molar-refractivity contribution in [2.24, 2.45) is 0 Å². The highest BCUT2D eigenvalue weighted by molar-refractivity contribution is 5.41. The lowest BCUT2D eigenvalue weighted by atomic mass is 10.1. The van der Waals surface area contributed by atoms with Gasteiger partial charge in [0.15, 0.2) is 0 Å². The zero-order valence-electron chi connectivity index (χ0n) is 8.68. The molecule has 1 aromatic carbocycles. The molecule has 1 rings (SSSR count). The van der Waals surface area contributed by atoms with Gasteiger partial charge < -0.3 is 10.5 Å². The summed E-state index contributed by atoms with van der Waals surface area (Å²) in [5, 5.41) is 0. The summed E-state index contributed by atoms with van der Waals surface area (Å²) in [6.07, 6.45) is 0. The van der Waals surface area contributed by atoms with Crippen LogP contribution < -0.4 is 10.5 Å². The zero-order valence-corrected chi connectivity index (χ0v) is 8.68. The van der Waals surface area contributed by atoms with Gasteiger partial charge in [-0.2, -0.15) is 0 Å². The van der Waals surface area contributed by atoms with Crippen molar-refractivity contribution in [3.05, 3.63) is 28.8 Å². The predicted octanol–water partition coefficient (Wildman–Crippen LogP) is 1.23. The van der Waals surface area contributed by atoms with Gasteiger partial charge in [-0.3, -0.25) is 0 Å². The molecule has 72 valence electrons. The van der Waals surface area contributed by atoms with Gasteiger partial charge in [-0.1, -0.05) is 6.07 Å². The normalized spacial score (nSPS) is 10.2. The van der Waals surface area contributed by atoms with Crippen molar-refractivity contribution in [3.8, 4) is 5.75 Å². The van der Waals surface area contributed by atoms with Gasteiger partial charge in [0.2, 0.25) is 0 Å². The fourth-order valence-electron chi connectivity index (χ4n) is 1.33. The molecule has 3 N–H and O–H groups in total. The molecule has 0 bridgehead atoms. The molecule has 0 aromatic heterocycles. The molecule has 0 spiro atoms. The van der Waals surface area contributed by atoms with Crippen LogP contribution in [-0.4, -0.2) is 13.2 Å². The molecule has 0 saturated carbocycles. The minimum atomic E-state index is 0.698. The molecule has 0 amide bonds. The average Bonchev–Trinajstić information content (AvgIpc) is 2.09.